The molecule has 18 heavy (non-hydrogen) atoms. The first-order chi connectivity index (χ1) is 8.29. The van der Waals surface area contributed by atoms with Crippen LogP contribution in [0.5, 0.6) is 0 Å². The van der Waals surface area contributed by atoms with Crippen LogP contribution in [0.4, 0.5) is 5.69 Å². The number of nitrogen functional groups attached to an aromatic ring is 1. The highest BCUT2D eigenvalue weighted by Gasteiger charge is 2.10. The maximum Gasteiger partial charge on any atom is 0.252 e. The molecule has 1 aromatic rings. The maximum atomic E-state index is 11.7. The number of sulfonamides is 1. The molecule has 0 saturated heterocycles. The highest BCUT2D eigenvalue weighted by atomic mass is 35.5. The van der Waals surface area contributed by atoms with Crippen LogP contribution in [0.15, 0.2) is 18.2 Å². The molecule has 0 fully saturated rings. The summed E-state index contributed by atoms with van der Waals surface area (Å²) >= 11 is 5.84. The highest BCUT2D eigenvalue weighted by molar-refractivity contribution is 7.89. The molecule has 6 nitrogen and oxygen atoms in total. The molecule has 8 heteroatoms. The largest absolute Gasteiger partial charge is 0.399 e. The van der Waals surface area contributed by atoms with E-state index in [0.29, 0.717) is 5.69 Å². The molecule has 0 unspecified atom stereocenters. The second-order valence-corrected chi connectivity index (χ2v) is 5.86. The lowest BCUT2D eigenvalue weighted by atomic mass is 10.2. The minimum Gasteiger partial charge on any atom is -0.399 e. The Morgan fingerprint density at radius 3 is 2.67 bits per heavy atom. The summed E-state index contributed by atoms with van der Waals surface area (Å²) in [6.45, 7) is 0.195. The highest BCUT2D eigenvalue weighted by Crippen LogP contribution is 2.18. The lowest BCUT2D eigenvalue weighted by Gasteiger charge is -2.07. The van der Waals surface area contributed by atoms with Crippen molar-refractivity contribution in [3.63, 3.8) is 0 Å². The van der Waals surface area contributed by atoms with Gasteiger partial charge in [0, 0.05) is 12.2 Å². The van der Waals surface area contributed by atoms with Gasteiger partial charge in [-0.05, 0) is 24.6 Å². The summed E-state index contributed by atoms with van der Waals surface area (Å²) in [5, 5.41) is 7.66. The number of amides is 1. The fourth-order valence-electron chi connectivity index (χ4n) is 1.29. The Morgan fingerprint density at radius 2 is 2.06 bits per heavy atom. The molecule has 0 heterocycles. The maximum absolute atomic E-state index is 11.7. The summed E-state index contributed by atoms with van der Waals surface area (Å²) in [5.41, 5.74) is 6.22. The zero-order valence-corrected chi connectivity index (χ0v) is 11.1. The van der Waals surface area contributed by atoms with Gasteiger partial charge in [-0.1, -0.05) is 11.6 Å². The Balaban J connectivity index is 2.53. The van der Waals surface area contributed by atoms with Gasteiger partial charge in [0.15, 0.2) is 0 Å². The van der Waals surface area contributed by atoms with Crippen LogP contribution in [0.1, 0.15) is 16.8 Å². The average Bonchev–Trinajstić information content (AvgIpc) is 2.26. The molecule has 0 aliphatic heterocycles. The summed E-state index contributed by atoms with van der Waals surface area (Å²) in [7, 11) is -3.50. The van der Waals surface area contributed by atoms with Crippen molar-refractivity contribution in [2.24, 2.45) is 5.14 Å². The number of hydrogen-bond donors (Lipinski definition) is 3. The van der Waals surface area contributed by atoms with Gasteiger partial charge in [-0.25, -0.2) is 13.6 Å². The van der Waals surface area contributed by atoms with Crippen LogP contribution >= 0.6 is 11.6 Å². The zero-order valence-electron chi connectivity index (χ0n) is 9.52. The van der Waals surface area contributed by atoms with Gasteiger partial charge in [0.25, 0.3) is 5.91 Å². The summed E-state index contributed by atoms with van der Waals surface area (Å²) < 4.78 is 21.3. The number of carbonyl (C=O) groups excluding carboxylic acids is 1. The topological polar surface area (TPSA) is 115 Å². The van der Waals surface area contributed by atoms with Gasteiger partial charge in [0.1, 0.15) is 0 Å². The average molecular weight is 292 g/mol. The molecule has 0 aromatic heterocycles. The molecule has 0 bridgehead atoms. The van der Waals surface area contributed by atoms with Gasteiger partial charge >= 0.3 is 0 Å². The molecular formula is C10H14ClN3O3S. The molecule has 1 aromatic carbocycles. The predicted molar refractivity (Wildman–Crippen MR) is 70.8 cm³/mol. The molecule has 0 atom stereocenters. The van der Waals surface area contributed by atoms with Gasteiger partial charge < -0.3 is 11.1 Å². The SMILES string of the molecule is Nc1ccc(Cl)c(C(=O)NCCCS(N)(=O)=O)c1. The standard InChI is InChI=1S/C10H14ClN3O3S/c11-9-3-2-7(12)6-8(9)10(15)14-4-1-5-18(13,16)17/h2-3,6H,1,4-5,12H2,(H,14,15)(H2,13,16,17). The van der Waals surface area contributed by atoms with Crippen LogP contribution < -0.4 is 16.2 Å². The van der Waals surface area contributed by atoms with Crippen molar-refractivity contribution < 1.29 is 13.2 Å². The van der Waals surface area contributed by atoms with Crippen molar-refractivity contribution >= 4 is 33.2 Å². The van der Waals surface area contributed by atoms with E-state index < -0.39 is 15.9 Å². The van der Waals surface area contributed by atoms with Gasteiger partial charge in [0.05, 0.1) is 16.3 Å². The fourth-order valence-corrected chi connectivity index (χ4v) is 2.04. The van der Waals surface area contributed by atoms with Gasteiger partial charge in [0.2, 0.25) is 10.0 Å². The smallest absolute Gasteiger partial charge is 0.252 e. The Morgan fingerprint density at radius 1 is 1.39 bits per heavy atom. The molecule has 0 spiro atoms. The van der Waals surface area contributed by atoms with Crippen LogP contribution in [-0.2, 0) is 10.0 Å². The molecule has 1 amide bonds. The Kier molecular flexibility index (Phi) is 4.94. The lowest BCUT2D eigenvalue weighted by Crippen LogP contribution is -2.27. The number of rotatable bonds is 5. The van der Waals surface area contributed by atoms with Gasteiger partial charge in [-0.15, -0.1) is 0 Å². The van der Waals surface area contributed by atoms with E-state index in [2.05, 4.69) is 5.32 Å². The molecular weight excluding hydrogens is 278 g/mol. The van der Waals surface area contributed by atoms with E-state index >= 15 is 0 Å². The minimum absolute atomic E-state index is 0.183. The van der Waals surface area contributed by atoms with Crippen molar-refractivity contribution in [1.82, 2.24) is 5.32 Å². The van der Waals surface area contributed by atoms with Crippen molar-refractivity contribution in [3.8, 4) is 0 Å². The monoisotopic (exact) mass is 291 g/mol. The number of anilines is 1. The predicted octanol–water partition coefficient (Wildman–Crippen LogP) is 0.331. The molecule has 0 radical (unpaired) electrons. The van der Waals surface area contributed by atoms with E-state index in [1.807, 2.05) is 0 Å². The number of nitrogens with one attached hydrogen (secondary N) is 1. The van der Waals surface area contributed by atoms with Crippen molar-refractivity contribution in [2.45, 2.75) is 6.42 Å². The van der Waals surface area contributed by atoms with E-state index in [9.17, 15) is 13.2 Å². The van der Waals surface area contributed by atoms with Crippen LogP contribution in [0.3, 0.4) is 0 Å². The van der Waals surface area contributed by atoms with E-state index in [0.717, 1.165) is 0 Å². The lowest BCUT2D eigenvalue weighted by molar-refractivity contribution is 0.0954. The first-order valence-electron chi connectivity index (χ1n) is 5.13. The van der Waals surface area contributed by atoms with Crippen LogP contribution in [-0.4, -0.2) is 26.6 Å². The number of nitrogens with two attached hydrogens (primary N) is 2. The third-order valence-electron chi connectivity index (χ3n) is 2.13. The summed E-state index contributed by atoms with van der Waals surface area (Å²) in [6.07, 6.45) is 0.241. The van der Waals surface area contributed by atoms with E-state index in [-0.39, 0.29) is 29.3 Å². The first kappa shape index (κ1) is 14.7. The molecule has 0 aliphatic rings. The van der Waals surface area contributed by atoms with Crippen LogP contribution in [0, 0.1) is 0 Å². The minimum atomic E-state index is -3.50. The fraction of sp³-hybridized carbons (Fsp3) is 0.300. The van der Waals surface area contributed by atoms with E-state index in [1.54, 1.807) is 6.07 Å². The van der Waals surface area contributed by atoms with Crippen LogP contribution in [0.25, 0.3) is 0 Å². The van der Waals surface area contributed by atoms with E-state index in [1.165, 1.54) is 12.1 Å². The third kappa shape index (κ3) is 4.91. The van der Waals surface area contributed by atoms with Crippen molar-refractivity contribution in [3.05, 3.63) is 28.8 Å². The second-order valence-electron chi connectivity index (χ2n) is 3.72. The normalized spacial score (nSPS) is 11.2. The first-order valence-corrected chi connectivity index (χ1v) is 7.22. The second kappa shape index (κ2) is 6.03. The number of halogens is 1. The third-order valence-corrected chi connectivity index (χ3v) is 3.31. The molecule has 1 rings (SSSR count). The van der Waals surface area contributed by atoms with E-state index in [4.69, 9.17) is 22.5 Å². The molecule has 5 N–H and O–H groups in total. The number of carbonyl (C=O) groups is 1. The van der Waals surface area contributed by atoms with Crippen molar-refractivity contribution in [2.75, 3.05) is 18.0 Å². The molecule has 0 aliphatic carbocycles. The van der Waals surface area contributed by atoms with Gasteiger partial charge in [-0.2, -0.15) is 0 Å². The summed E-state index contributed by atoms with van der Waals surface area (Å²) in [4.78, 5) is 11.7. The van der Waals surface area contributed by atoms with Gasteiger partial charge in [-0.3, -0.25) is 4.79 Å². The molecule has 0 saturated carbocycles. The number of hydrogen-bond acceptors (Lipinski definition) is 4. The Hall–Kier alpha value is -1.31. The van der Waals surface area contributed by atoms with Crippen molar-refractivity contribution in [1.29, 1.82) is 0 Å². The summed E-state index contributed by atoms with van der Waals surface area (Å²) in [6, 6.07) is 4.56. The number of primary sulfonamides is 1. The Labute approximate surface area is 110 Å². The summed E-state index contributed by atoms with van der Waals surface area (Å²) in [5.74, 6) is -0.584. The van der Waals surface area contributed by atoms with Crippen LogP contribution in [0.2, 0.25) is 5.02 Å². The molecule has 100 valence electrons. The Bertz CT molecular complexity index is 545. The zero-order chi connectivity index (χ0) is 13.8. The number of benzene rings is 1. The quantitative estimate of drug-likeness (QED) is 0.535.